The van der Waals surface area contributed by atoms with Crippen LogP contribution in [0.1, 0.15) is 25.3 Å². The van der Waals surface area contributed by atoms with Crippen molar-refractivity contribution >= 4 is 23.2 Å². The maximum absolute atomic E-state index is 6.08. The van der Waals surface area contributed by atoms with E-state index < -0.39 is 0 Å². The van der Waals surface area contributed by atoms with Gasteiger partial charge in [-0.15, -0.1) is 0 Å². The van der Waals surface area contributed by atoms with E-state index in [1.54, 1.807) is 0 Å². The Morgan fingerprint density at radius 1 is 1.33 bits per heavy atom. The summed E-state index contributed by atoms with van der Waals surface area (Å²) in [5.41, 5.74) is 1.01. The smallest absolute Gasteiger partial charge is 0.0465 e. The van der Waals surface area contributed by atoms with Gasteiger partial charge in [0.05, 0.1) is 0 Å². The summed E-state index contributed by atoms with van der Waals surface area (Å²) in [4.78, 5) is 0. The summed E-state index contributed by atoms with van der Waals surface area (Å²) in [5.74, 6) is 0.853. The Hall–Kier alpha value is -0.240. The van der Waals surface area contributed by atoms with E-state index in [4.69, 9.17) is 23.2 Å². The maximum Gasteiger partial charge on any atom is 0.0465 e. The van der Waals surface area contributed by atoms with Crippen LogP contribution in [0.5, 0.6) is 0 Å². The average Bonchev–Trinajstić information content (AvgIpc) is 2.99. The highest BCUT2D eigenvalue weighted by molar-refractivity contribution is 6.35. The SMILES string of the molecule is CC(NCc1c(Cl)cccc1Cl)C1CC1. The van der Waals surface area contributed by atoms with Crippen molar-refractivity contribution in [2.45, 2.75) is 32.4 Å². The summed E-state index contributed by atoms with van der Waals surface area (Å²) < 4.78 is 0. The highest BCUT2D eigenvalue weighted by atomic mass is 35.5. The molecule has 82 valence electrons. The Balaban J connectivity index is 1.97. The summed E-state index contributed by atoms with van der Waals surface area (Å²) in [7, 11) is 0. The van der Waals surface area contributed by atoms with Gasteiger partial charge < -0.3 is 5.32 Å². The first kappa shape index (κ1) is 11.3. The third-order valence-corrected chi connectivity index (χ3v) is 3.70. The summed E-state index contributed by atoms with van der Waals surface area (Å²) in [6.07, 6.45) is 2.70. The molecule has 0 amide bonds. The number of hydrogen-bond donors (Lipinski definition) is 1. The van der Waals surface area contributed by atoms with Crippen LogP contribution < -0.4 is 5.32 Å². The summed E-state index contributed by atoms with van der Waals surface area (Å²) in [5, 5.41) is 4.97. The van der Waals surface area contributed by atoms with Crippen molar-refractivity contribution < 1.29 is 0 Å². The predicted octanol–water partition coefficient (Wildman–Crippen LogP) is 3.88. The number of rotatable bonds is 4. The van der Waals surface area contributed by atoms with Crippen LogP contribution in [0.4, 0.5) is 0 Å². The largest absolute Gasteiger partial charge is 0.310 e. The first-order valence-corrected chi connectivity index (χ1v) is 6.10. The van der Waals surface area contributed by atoms with Crippen LogP contribution in [0.15, 0.2) is 18.2 Å². The molecule has 1 aliphatic rings. The van der Waals surface area contributed by atoms with Gasteiger partial charge in [-0.3, -0.25) is 0 Å². The lowest BCUT2D eigenvalue weighted by Gasteiger charge is -2.14. The van der Waals surface area contributed by atoms with Gasteiger partial charge in [0.2, 0.25) is 0 Å². The molecule has 1 N–H and O–H groups in total. The van der Waals surface area contributed by atoms with Crippen LogP contribution in [0.2, 0.25) is 10.0 Å². The minimum Gasteiger partial charge on any atom is -0.310 e. The Bertz CT molecular complexity index is 327. The van der Waals surface area contributed by atoms with E-state index in [1.165, 1.54) is 12.8 Å². The molecule has 1 aliphatic carbocycles. The first-order chi connectivity index (χ1) is 7.18. The molecule has 0 radical (unpaired) electrons. The molecule has 0 saturated heterocycles. The van der Waals surface area contributed by atoms with Crippen LogP contribution >= 0.6 is 23.2 Å². The molecule has 2 rings (SSSR count). The summed E-state index contributed by atoms with van der Waals surface area (Å²) in [6, 6.07) is 6.20. The molecule has 1 aromatic rings. The second-order valence-electron chi connectivity index (χ2n) is 4.21. The van der Waals surface area contributed by atoms with Gasteiger partial charge in [-0.2, -0.15) is 0 Å². The first-order valence-electron chi connectivity index (χ1n) is 5.34. The van der Waals surface area contributed by atoms with E-state index in [9.17, 15) is 0 Å². The van der Waals surface area contributed by atoms with Gasteiger partial charge in [0.15, 0.2) is 0 Å². The van der Waals surface area contributed by atoms with Crippen LogP contribution in [-0.4, -0.2) is 6.04 Å². The zero-order chi connectivity index (χ0) is 10.8. The van der Waals surface area contributed by atoms with E-state index >= 15 is 0 Å². The molecular weight excluding hydrogens is 229 g/mol. The monoisotopic (exact) mass is 243 g/mol. The van der Waals surface area contributed by atoms with Crippen LogP contribution in [-0.2, 0) is 6.54 Å². The highest BCUT2D eigenvalue weighted by Gasteiger charge is 2.27. The summed E-state index contributed by atoms with van der Waals surface area (Å²) in [6.45, 7) is 2.98. The van der Waals surface area contributed by atoms with Crippen molar-refractivity contribution in [1.82, 2.24) is 5.32 Å². The number of hydrogen-bond acceptors (Lipinski definition) is 1. The van der Waals surface area contributed by atoms with Crippen LogP contribution in [0, 0.1) is 5.92 Å². The quantitative estimate of drug-likeness (QED) is 0.847. The van der Waals surface area contributed by atoms with E-state index in [1.807, 2.05) is 18.2 Å². The normalized spacial score (nSPS) is 17.8. The number of benzene rings is 1. The predicted molar refractivity (Wildman–Crippen MR) is 65.5 cm³/mol. The fraction of sp³-hybridized carbons (Fsp3) is 0.500. The van der Waals surface area contributed by atoms with Crippen LogP contribution in [0.25, 0.3) is 0 Å². The van der Waals surface area contributed by atoms with Gasteiger partial charge in [-0.25, -0.2) is 0 Å². The van der Waals surface area contributed by atoms with Crippen molar-refractivity contribution in [3.05, 3.63) is 33.8 Å². The van der Waals surface area contributed by atoms with Gasteiger partial charge in [0.25, 0.3) is 0 Å². The van der Waals surface area contributed by atoms with Crippen molar-refractivity contribution in [2.75, 3.05) is 0 Å². The second kappa shape index (κ2) is 4.73. The average molecular weight is 244 g/mol. The summed E-state index contributed by atoms with van der Waals surface area (Å²) >= 11 is 12.2. The maximum atomic E-state index is 6.08. The fourth-order valence-corrected chi connectivity index (χ4v) is 2.26. The highest BCUT2D eigenvalue weighted by Crippen LogP contribution is 2.33. The zero-order valence-corrected chi connectivity index (χ0v) is 10.3. The molecular formula is C12H15Cl2N. The van der Waals surface area contributed by atoms with Gasteiger partial charge in [-0.1, -0.05) is 29.3 Å². The Kier molecular flexibility index (Phi) is 3.55. The van der Waals surface area contributed by atoms with E-state index in [2.05, 4.69) is 12.2 Å². The molecule has 3 heteroatoms. The molecule has 1 nitrogen and oxygen atoms in total. The topological polar surface area (TPSA) is 12.0 Å². The zero-order valence-electron chi connectivity index (χ0n) is 8.76. The molecule has 0 aliphatic heterocycles. The van der Waals surface area contributed by atoms with E-state index in [-0.39, 0.29) is 0 Å². The number of halogens is 2. The molecule has 1 aromatic carbocycles. The standard InChI is InChI=1S/C12H15Cl2N/c1-8(9-5-6-9)15-7-10-11(13)3-2-4-12(10)14/h2-4,8-9,15H,5-7H2,1H3. The van der Waals surface area contributed by atoms with E-state index in [0.29, 0.717) is 6.04 Å². The molecule has 0 spiro atoms. The Labute approximate surface area is 101 Å². The van der Waals surface area contributed by atoms with Gasteiger partial charge in [-0.05, 0) is 37.8 Å². The Morgan fingerprint density at radius 3 is 2.47 bits per heavy atom. The minimum atomic E-state index is 0.567. The lowest BCUT2D eigenvalue weighted by Crippen LogP contribution is -2.27. The lowest BCUT2D eigenvalue weighted by molar-refractivity contribution is 0.496. The van der Waals surface area contributed by atoms with Crippen molar-refractivity contribution in [2.24, 2.45) is 5.92 Å². The lowest BCUT2D eigenvalue weighted by atomic mass is 10.2. The minimum absolute atomic E-state index is 0.567. The molecule has 1 fully saturated rings. The third-order valence-electron chi connectivity index (χ3n) is 2.99. The van der Waals surface area contributed by atoms with Crippen molar-refractivity contribution in [1.29, 1.82) is 0 Å². The molecule has 1 atom stereocenters. The van der Waals surface area contributed by atoms with Gasteiger partial charge >= 0.3 is 0 Å². The van der Waals surface area contributed by atoms with Crippen LogP contribution in [0.3, 0.4) is 0 Å². The molecule has 15 heavy (non-hydrogen) atoms. The molecule has 1 unspecified atom stereocenters. The van der Waals surface area contributed by atoms with Crippen molar-refractivity contribution in [3.63, 3.8) is 0 Å². The third kappa shape index (κ3) is 2.87. The van der Waals surface area contributed by atoms with Crippen molar-refractivity contribution in [3.8, 4) is 0 Å². The molecule has 1 saturated carbocycles. The fourth-order valence-electron chi connectivity index (χ4n) is 1.73. The van der Waals surface area contributed by atoms with Gasteiger partial charge in [0, 0.05) is 28.2 Å². The van der Waals surface area contributed by atoms with E-state index in [0.717, 1.165) is 28.1 Å². The van der Waals surface area contributed by atoms with Gasteiger partial charge in [0.1, 0.15) is 0 Å². The molecule has 0 heterocycles. The second-order valence-corrected chi connectivity index (χ2v) is 5.02. The Morgan fingerprint density at radius 2 is 1.93 bits per heavy atom. The molecule has 0 bridgehead atoms. The number of nitrogens with one attached hydrogen (secondary N) is 1. The molecule has 0 aromatic heterocycles.